The number of carbonyl (C=O) groups excluding carboxylic acids is 1. The Morgan fingerprint density at radius 1 is 1.30 bits per heavy atom. The number of aliphatic imine (C=N–C) groups is 1. The highest BCUT2D eigenvalue weighted by atomic mass is 19.1. The number of hydrogen-bond acceptors (Lipinski definition) is 4. The smallest absolute Gasteiger partial charge is 0.252 e. The Morgan fingerprint density at radius 3 is 2.90 bits per heavy atom. The zero-order valence-electron chi connectivity index (χ0n) is 16.9. The summed E-state index contributed by atoms with van der Waals surface area (Å²) in [7, 11) is 0. The van der Waals surface area contributed by atoms with Crippen molar-refractivity contribution in [3.63, 3.8) is 0 Å². The average Bonchev–Trinajstić information content (AvgIpc) is 3.20. The summed E-state index contributed by atoms with van der Waals surface area (Å²) < 4.78 is 27.2. The van der Waals surface area contributed by atoms with Crippen molar-refractivity contribution < 1.29 is 13.6 Å². The van der Waals surface area contributed by atoms with Crippen molar-refractivity contribution in [1.82, 2.24) is 20.9 Å². The van der Waals surface area contributed by atoms with Gasteiger partial charge in [0.1, 0.15) is 11.6 Å². The van der Waals surface area contributed by atoms with Crippen LogP contribution < -0.4 is 20.9 Å². The molecule has 1 aromatic carbocycles. The summed E-state index contributed by atoms with van der Waals surface area (Å²) in [5.41, 5.74) is 0.909. The highest BCUT2D eigenvalue weighted by Crippen LogP contribution is 2.24. The number of halogens is 2. The Bertz CT molecular complexity index is 877. The molecule has 1 aliphatic heterocycles. The number of nitrogens with one attached hydrogen (secondary N) is 3. The van der Waals surface area contributed by atoms with Gasteiger partial charge in [0, 0.05) is 50.7 Å². The molecule has 1 aliphatic rings. The topological polar surface area (TPSA) is 81.6 Å². The Labute approximate surface area is 174 Å². The first-order valence-electron chi connectivity index (χ1n) is 10.00. The van der Waals surface area contributed by atoms with Crippen molar-refractivity contribution in [3.8, 4) is 0 Å². The van der Waals surface area contributed by atoms with Crippen molar-refractivity contribution in [2.75, 3.05) is 37.6 Å². The normalized spacial score (nSPS) is 16.4. The van der Waals surface area contributed by atoms with Crippen LogP contribution in [0.4, 0.5) is 14.5 Å². The summed E-state index contributed by atoms with van der Waals surface area (Å²) in [5.74, 6) is -0.688. The fourth-order valence-corrected chi connectivity index (χ4v) is 3.28. The second-order valence-corrected chi connectivity index (χ2v) is 6.93. The molecule has 0 aliphatic carbocycles. The molecule has 160 valence electrons. The lowest BCUT2D eigenvalue weighted by atomic mass is 10.2. The van der Waals surface area contributed by atoms with Crippen LogP contribution >= 0.6 is 0 Å². The highest BCUT2D eigenvalue weighted by molar-refractivity contribution is 5.93. The molecule has 0 spiro atoms. The van der Waals surface area contributed by atoms with E-state index in [4.69, 9.17) is 0 Å². The first-order valence-corrected chi connectivity index (χ1v) is 10.00. The van der Waals surface area contributed by atoms with Gasteiger partial charge in [-0.3, -0.25) is 14.8 Å². The predicted octanol–water partition coefficient (Wildman–Crippen LogP) is 1.92. The van der Waals surface area contributed by atoms with Gasteiger partial charge >= 0.3 is 0 Å². The molecule has 1 aromatic heterocycles. The molecule has 2 heterocycles. The fourth-order valence-electron chi connectivity index (χ4n) is 3.28. The molecule has 3 N–H and O–H groups in total. The van der Waals surface area contributed by atoms with Crippen LogP contribution in [0.2, 0.25) is 0 Å². The SMILES string of the molecule is CCNC(=NCCNC(=O)c1cccnc1)NC1CCN(c2ccc(F)cc2F)C1. The minimum atomic E-state index is -0.581. The largest absolute Gasteiger partial charge is 0.367 e. The van der Waals surface area contributed by atoms with Crippen molar-refractivity contribution in [2.24, 2.45) is 4.99 Å². The van der Waals surface area contributed by atoms with E-state index in [9.17, 15) is 13.6 Å². The van der Waals surface area contributed by atoms with Gasteiger partial charge < -0.3 is 20.9 Å². The van der Waals surface area contributed by atoms with Crippen molar-refractivity contribution >= 4 is 17.6 Å². The van der Waals surface area contributed by atoms with Crippen molar-refractivity contribution in [3.05, 3.63) is 59.9 Å². The number of amides is 1. The minimum absolute atomic E-state index is 0.0808. The molecular weight excluding hydrogens is 390 g/mol. The van der Waals surface area contributed by atoms with E-state index in [0.29, 0.717) is 49.9 Å². The van der Waals surface area contributed by atoms with Gasteiger partial charge in [-0.2, -0.15) is 0 Å². The highest BCUT2D eigenvalue weighted by Gasteiger charge is 2.25. The van der Waals surface area contributed by atoms with E-state index in [2.05, 4.69) is 25.9 Å². The number of carbonyl (C=O) groups is 1. The summed E-state index contributed by atoms with van der Waals surface area (Å²) in [6.45, 7) is 4.71. The van der Waals surface area contributed by atoms with E-state index in [1.54, 1.807) is 18.3 Å². The van der Waals surface area contributed by atoms with Crippen LogP contribution in [0.25, 0.3) is 0 Å². The fraction of sp³-hybridized carbons (Fsp3) is 0.381. The third-order valence-corrected chi connectivity index (χ3v) is 4.71. The third kappa shape index (κ3) is 5.88. The van der Waals surface area contributed by atoms with E-state index in [1.165, 1.54) is 18.3 Å². The summed E-state index contributed by atoms with van der Waals surface area (Å²) in [6, 6.07) is 7.14. The van der Waals surface area contributed by atoms with Crippen LogP contribution in [0.15, 0.2) is 47.7 Å². The van der Waals surface area contributed by atoms with Gasteiger partial charge in [-0.05, 0) is 37.6 Å². The summed E-state index contributed by atoms with van der Waals surface area (Å²) in [5, 5.41) is 9.33. The molecule has 1 amide bonds. The minimum Gasteiger partial charge on any atom is -0.367 e. The first-order chi connectivity index (χ1) is 14.6. The number of rotatable bonds is 7. The van der Waals surface area contributed by atoms with E-state index in [-0.39, 0.29) is 11.9 Å². The number of benzene rings is 1. The van der Waals surface area contributed by atoms with Crippen LogP contribution in [0.3, 0.4) is 0 Å². The summed E-state index contributed by atoms with van der Waals surface area (Å²) >= 11 is 0. The summed E-state index contributed by atoms with van der Waals surface area (Å²) in [6.07, 6.45) is 3.93. The van der Waals surface area contributed by atoms with Gasteiger partial charge in [0.15, 0.2) is 5.96 Å². The van der Waals surface area contributed by atoms with Crippen LogP contribution in [0.5, 0.6) is 0 Å². The lowest BCUT2D eigenvalue weighted by Crippen LogP contribution is -2.45. The molecule has 1 unspecified atom stereocenters. The maximum atomic E-state index is 14.0. The lowest BCUT2D eigenvalue weighted by molar-refractivity contribution is 0.0954. The quantitative estimate of drug-likeness (QED) is 0.365. The molecule has 1 saturated heterocycles. The number of hydrogen-bond donors (Lipinski definition) is 3. The molecule has 30 heavy (non-hydrogen) atoms. The lowest BCUT2D eigenvalue weighted by Gasteiger charge is -2.21. The maximum Gasteiger partial charge on any atom is 0.252 e. The zero-order chi connectivity index (χ0) is 21.3. The van der Waals surface area contributed by atoms with E-state index in [1.807, 2.05) is 11.8 Å². The molecule has 0 bridgehead atoms. The second-order valence-electron chi connectivity index (χ2n) is 6.93. The van der Waals surface area contributed by atoms with Gasteiger partial charge in [-0.25, -0.2) is 8.78 Å². The third-order valence-electron chi connectivity index (χ3n) is 4.71. The van der Waals surface area contributed by atoms with Crippen molar-refractivity contribution in [1.29, 1.82) is 0 Å². The average molecular weight is 416 g/mol. The molecule has 1 fully saturated rings. The Balaban J connectivity index is 1.49. The number of anilines is 1. The number of aromatic nitrogens is 1. The van der Waals surface area contributed by atoms with Crippen LogP contribution in [0.1, 0.15) is 23.7 Å². The zero-order valence-corrected chi connectivity index (χ0v) is 16.9. The second kappa shape index (κ2) is 10.5. The Kier molecular flexibility index (Phi) is 7.53. The van der Waals surface area contributed by atoms with Crippen LogP contribution in [-0.2, 0) is 0 Å². The van der Waals surface area contributed by atoms with Crippen LogP contribution in [-0.4, -0.2) is 55.6 Å². The Hall–Kier alpha value is -3.23. The number of guanidine groups is 1. The molecule has 9 heteroatoms. The van der Waals surface area contributed by atoms with E-state index < -0.39 is 11.6 Å². The maximum absolute atomic E-state index is 14.0. The molecule has 3 rings (SSSR count). The monoisotopic (exact) mass is 416 g/mol. The summed E-state index contributed by atoms with van der Waals surface area (Å²) in [4.78, 5) is 22.3. The van der Waals surface area contributed by atoms with Gasteiger partial charge in [0.25, 0.3) is 5.91 Å². The first kappa shape index (κ1) is 21.5. The van der Waals surface area contributed by atoms with Crippen LogP contribution in [0, 0.1) is 11.6 Å². The van der Waals surface area contributed by atoms with E-state index in [0.717, 1.165) is 12.5 Å². The molecule has 1 atom stereocenters. The molecule has 0 radical (unpaired) electrons. The van der Waals surface area contributed by atoms with Gasteiger partial charge in [0.2, 0.25) is 0 Å². The molecule has 2 aromatic rings. The van der Waals surface area contributed by atoms with Crippen molar-refractivity contribution in [2.45, 2.75) is 19.4 Å². The van der Waals surface area contributed by atoms with Gasteiger partial charge in [-0.1, -0.05) is 0 Å². The van der Waals surface area contributed by atoms with Gasteiger partial charge in [0.05, 0.1) is 17.8 Å². The molecule has 7 nitrogen and oxygen atoms in total. The molecule has 0 saturated carbocycles. The molecular formula is C21H26F2N6O. The van der Waals surface area contributed by atoms with Gasteiger partial charge in [-0.15, -0.1) is 0 Å². The Morgan fingerprint density at radius 2 is 2.17 bits per heavy atom. The van der Waals surface area contributed by atoms with E-state index >= 15 is 0 Å². The number of pyridine rings is 1. The number of nitrogens with zero attached hydrogens (tertiary/aromatic N) is 3. The predicted molar refractivity (Wildman–Crippen MR) is 113 cm³/mol. The standard InChI is InChI=1S/C21H26F2N6O/c1-2-25-21(27-10-9-26-20(30)15-4-3-8-24-13-15)28-17-7-11-29(14-17)19-6-5-16(22)12-18(19)23/h3-6,8,12-13,17H,2,7,9-11,14H2,1H3,(H,26,30)(H2,25,27,28).